The largest absolute Gasteiger partial charge is 0.354 e. The molecule has 8 heteroatoms. The molecule has 156 valence electrons. The summed E-state index contributed by atoms with van der Waals surface area (Å²) in [5.41, 5.74) is 1.88. The van der Waals surface area contributed by atoms with Crippen molar-refractivity contribution in [1.82, 2.24) is 20.2 Å². The molecule has 1 saturated carbocycles. The van der Waals surface area contributed by atoms with Gasteiger partial charge in [-0.2, -0.15) is 5.26 Å². The molecule has 1 aromatic carbocycles. The zero-order valence-electron chi connectivity index (χ0n) is 17.3. The Balaban J connectivity index is 1.62. The number of aryl methyl sites for hydroxylation is 1. The zero-order chi connectivity index (χ0) is 21.3. The molecule has 0 bridgehead atoms. The highest BCUT2D eigenvalue weighted by Gasteiger charge is 2.50. The number of hydrogen-bond acceptors (Lipinski definition) is 6. The number of likely N-dealkylation sites (N-methyl/N-ethyl adjacent to an activating group) is 1. The van der Waals surface area contributed by atoms with E-state index >= 15 is 0 Å². The van der Waals surface area contributed by atoms with Crippen molar-refractivity contribution in [2.24, 2.45) is 5.41 Å². The van der Waals surface area contributed by atoms with E-state index in [4.69, 9.17) is 16.6 Å². The summed E-state index contributed by atoms with van der Waals surface area (Å²) in [5.74, 6) is 1.23. The highest BCUT2D eigenvalue weighted by molar-refractivity contribution is 6.31. The lowest BCUT2D eigenvalue weighted by Crippen LogP contribution is -2.45. The monoisotopic (exact) mass is 424 g/mol. The fourth-order valence-electron chi connectivity index (χ4n) is 3.54. The maximum Gasteiger partial charge on any atom is 0.240 e. The van der Waals surface area contributed by atoms with Crippen LogP contribution in [0.3, 0.4) is 0 Å². The molecule has 2 aliphatic rings. The Hall–Kier alpha value is -2.69. The number of nitriles is 1. The molecule has 2 heterocycles. The summed E-state index contributed by atoms with van der Waals surface area (Å²) in [6, 6.07) is 7.95. The lowest BCUT2D eigenvalue weighted by Gasteiger charge is -2.34. The van der Waals surface area contributed by atoms with E-state index in [9.17, 15) is 10.1 Å². The molecule has 1 aromatic heterocycles. The molecular weight excluding hydrogens is 400 g/mol. The highest BCUT2D eigenvalue weighted by atomic mass is 35.5. The quantitative estimate of drug-likeness (QED) is 0.794. The van der Waals surface area contributed by atoms with Crippen molar-refractivity contribution in [1.29, 1.82) is 5.26 Å². The lowest BCUT2D eigenvalue weighted by molar-refractivity contribution is -0.124. The van der Waals surface area contributed by atoms with Crippen molar-refractivity contribution >= 4 is 23.3 Å². The van der Waals surface area contributed by atoms with Gasteiger partial charge >= 0.3 is 0 Å². The first-order chi connectivity index (χ1) is 14.4. The average molecular weight is 425 g/mol. The summed E-state index contributed by atoms with van der Waals surface area (Å²) < 4.78 is 0. The van der Waals surface area contributed by atoms with E-state index in [0.29, 0.717) is 30.2 Å². The van der Waals surface area contributed by atoms with E-state index < -0.39 is 5.41 Å². The van der Waals surface area contributed by atoms with Crippen LogP contribution in [0.2, 0.25) is 5.02 Å². The van der Waals surface area contributed by atoms with Gasteiger partial charge in [0.05, 0.1) is 6.07 Å². The van der Waals surface area contributed by atoms with Gasteiger partial charge in [0.2, 0.25) is 5.91 Å². The van der Waals surface area contributed by atoms with Crippen molar-refractivity contribution < 1.29 is 4.79 Å². The number of benzene rings is 1. The molecule has 0 spiro atoms. The van der Waals surface area contributed by atoms with E-state index in [0.717, 1.165) is 48.7 Å². The fraction of sp³-hybridized carbons (Fsp3) is 0.455. The first-order valence-electron chi connectivity index (χ1n) is 10.2. The molecule has 2 aromatic rings. The highest BCUT2D eigenvalue weighted by Crippen LogP contribution is 2.45. The minimum atomic E-state index is -0.840. The van der Waals surface area contributed by atoms with Crippen LogP contribution in [0.25, 0.3) is 11.4 Å². The van der Waals surface area contributed by atoms with Gasteiger partial charge in [-0.05, 0) is 38.4 Å². The number of carbonyl (C=O) groups excluding carboxylic acids is 1. The molecule has 7 nitrogen and oxygen atoms in total. The second-order valence-electron chi connectivity index (χ2n) is 8.17. The zero-order valence-corrected chi connectivity index (χ0v) is 18.0. The van der Waals surface area contributed by atoms with E-state index in [2.05, 4.69) is 33.2 Å². The summed E-state index contributed by atoms with van der Waals surface area (Å²) in [6.45, 7) is 5.86. The molecule has 30 heavy (non-hydrogen) atoms. The van der Waals surface area contributed by atoms with Crippen LogP contribution in [0.5, 0.6) is 0 Å². The molecule has 1 N–H and O–H groups in total. The maximum absolute atomic E-state index is 12.4. The number of piperazine rings is 1. The van der Waals surface area contributed by atoms with Gasteiger partial charge in [-0.25, -0.2) is 9.97 Å². The number of amides is 1. The van der Waals surface area contributed by atoms with E-state index in [1.54, 1.807) is 6.20 Å². The minimum absolute atomic E-state index is 0.205. The van der Waals surface area contributed by atoms with Crippen LogP contribution in [-0.2, 0) is 11.3 Å². The van der Waals surface area contributed by atoms with Crippen LogP contribution in [0.4, 0.5) is 5.82 Å². The Kier molecular flexibility index (Phi) is 5.63. The van der Waals surface area contributed by atoms with Crippen molar-refractivity contribution in [3.8, 4) is 17.5 Å². The average Bonchev–Trinajstić information content (AvgIpc) is 3.56. The summed E-state index contributed by atoms with van der Waals surface area (Å²) in [7, 11) is 2.11. The number of hydrogen-bond donors (Lipinski definition) is 1. The lowest BCUT2D eigenvalue weighted by atomic mass is 10.1. The normalized spacial score (nSPS) is 18.0. The minimum Gasteiger partial charge on any atom is -0.354 e. The summed E-state index contributed by atoms with van der Waals surface area (Å²) in [4.78, 5) is 26.3. The molecule has 0 radical (unpaired) electrons. The number of rotatable bonds is 5. The third-order valence-corrected chi connectivity index (χ3v) is 6.32. The second-order valence-corrected chi connectivity index (χ2v) is 8.58. The Morgan fingerprint density at radius 2 is 2.03 bits per heavy atom. The molecule has 1 aliphatic heterocycles. The van der Waals surface area contributed by atoms with Crippen molar-refractivity contribution in [2.45, 2.75) is 26.3 Å². The van der Waals surface area contributed by atoms with Crippen LogP contribution >= 0.6 is 11.6 Å². The molecule has 1 amide bonds. The maximum atomic E-state index is 12.4. The van der Waals surface area contributed by atoms with Gasteiger partial charge in [0, 0.05) is 55.1 Å². The van der Waals surface area contributed by atoms with Gasteiger partial charge in [-0.15, -0.1) is 0 Å². The molecule has 2 fully saturated rings. The van der Waals surface area contributed by atoms with Gasteiger partial charge in [-0.3, -0.25) is 4.79 Å². The van der Waals surface area contributed by atoms with Crippen molar-refractivity contribution in [3.63, 3.8) is 0 Å². The number of aromatic nitrogens is 2. The summed E-state index contributed by atoms with van der Waals surface area (Å²) in [6.07, 6.45) is 3.03. The first-order valence-corrected chi connectivity index (χ1v) is 10.6. The van der Waals surface area contributed by atoms with E-state index in [1.807, 2.05) is 25.1 Å². The van der Waals surface area contributed by atoms with Gasteiger partial charge in [-0.1, -0.05) is 23.7 Å². The van der Waals surface area contributed by atoms with Crippen LogP contribution in [0.15, 0.2) is 24.4 Å². The predicted molar refractivity (Wildman–Crippen MR) is 116 cm³/mol. The van der Waals surface area contributed by atoms with Gasteiger partial charge < -0.3 is 15.1 Å². The predicted octanol–water partition coefficient (Wildman–Crippen LogP) is 2.78. The van der Waals surface area contributed by atoms with E-state index in [1.165, 1.54) is 0 Å². The summed E-state index contributed by atoms with van der Waals surface area (Å²) in [5, 5.41) is 12.9. The molecular formula is C22H25ClN6O. The standard InChI is InChI=1S/C22H25ClN6O/c1-15-3-4-16(11-18(15)23)19-25-12-17(13-26-21(30)22(14-24)5-6-22)20(27-19)29-9-7-28(2)8-10-29/h3-4,11-12H,5-10,13H2,1-2H3,(H,26,30). The number of carbonyl (C=O) groups is 1. The molecule has 0 unspecified atom stereocenters. The van der Waals surface area contributed by atoms with Crippen molar-refractivity contribution in [2.75, 3.05) is 38.1 Å². The number of halogens is 1. The number of nitrogens with one attached hydrogen (secondary N) is 1. The Labute approximate surface area is 181 Å². The SMILES string of the molecule is Cc1ccc(-c2ncc(CNC(=O)C3(C#N)CC3)c(N3CCN(C)CC3)n2)cc1Cl. The number of anilines is 1. The van der Waals surface area contributed by atoms with Crippen LogP contribution in [-0.4, -0.2) is 54.0 Å². The van der Waals surface area contributed by atoms with Gasteiger partial charge in [0.1, 0.15) is 11.2 Å². The number of nitrogens with zero attached hydrogens (tertiary/aromatic N) is 5. The first kappa shape index (κ1) is 20.6. The topological polar surface area (TPSA) is 85.1 Å². The summed E-state index contributed by atoms with van der Waals surface area (Å²) >= 11 is 6.30. The van der Waals surface area contributed by atoms with Crippen molar-refractivity contribution in [3.05, 3.63) is 40.5 Å². The van der Waals surface area contributed by atoms with Crippen LogP contribution < -0.4 is 10.2 Å². The Morgan fingerprint density at radius 1 is 1.30 bits per heavy atom. The second kappa shape index (κ2) is 8.21. The Morgan fingerprint density at radius 3 is 2.67 bits per heavy atom. The molecule has 1 saturated heterocycles. The van der Waals surface area contributed by atoms with Crippen LogP contribution in [0.1, 0.15) is 24.0 Å². The smallest absolute Gasteiger partial charge is 0.240 e. The fourth-order valence-corrected chi connectivity index (χ4v) is 3.73. The van der Waals surface area contributed by atoms with E-state index in [-0.39, 0.29) is 5.91 Å². The van der Waals surface area contributed by atoms with Crippen LogP contribution in [0, 0.1) is 23.7 Å². The third kappa shape index (κ3) is 4.11. The third-order valence-electron chi connectivity index (χ3n) is 5.91. The van der Waals surface area contributed by atoms with Gasteiger partial charge in [0.25, 0.3) is 0 Å². The molecule has 0 atom stereocenters. The van der Waals surface area contributed by atoms with Gasteiger partial charge in [0.15, 0.2) is 5.82 Å². The molecule has 1 aliphatic carbocycles. The molecule has 4 rings (SSSR count). The Bertz CT molecular complexity index is 1010.